The van der Waals surface area contributed by atoms with E-state index in [-0.39, 0.29) is 11.1 Å². The van der Waals surface area contributed by atoms with Crippen molar-refractivity contribution in [1.82, 2.24) is 0 Å². The molecular formula is C11H19NO5Si. The fourth-order valence-electron chi connectivity index (χ4n) is 0.913. The van der Waals surface area contributed by atoms with E-state index >= 15 is 0 Å². The molecule has 0 heterocycles. The summed E-state index contributed by atoms with van der Waals surface area (Å²) in [7, 11) is 0.627. The predicted octanol–water partition coefficient (Wildman–Crippen LogP) is 1.49. The van der Waals surface area contributed by atoms with E-state index < -0.39 is 20.3 Å². The molecule has 0 aliphatic rings. The van der Waals surface area contributed by atoms with Gasteiger partial charge >= 0.3 is 11.9 Å². The van der Waals surface area contributed by atoms with Gasteiger partial charge in [-0.3, -0.25) is 0 Å². The van der Waals surface area contributed by atoms with Gasteiger partial charge in [-0.25, -0.2) is 9.59 Å². The molecule has 0 radical (unpaired) electrons. The van der Waals surface area contributed by atoms with Crippen LogP contribution in [0.15, 0.2) is 16.3 Å². The number of esters is 2. The van der Waals surface area contributed by atoms with E-state index in [0.29, 0.717) is 0 Å². The normalized spacial score (nSPS) is 13.0. The summed E-state index contributed by atoms with van der Waals surface area (Å²) in [4.78, 5) is 22.9. The Morgan fingerprint density at radius 3 is 1.94 bits per heavy atom. The molecule has 0 spiro atoms. The standard InChI is InChI=1S/C11H19NO5Si/c1-8(10(13)15-2)9(11(14)16-3)7-12-17-18(4,5)6/h7H,1-6H3/b9-8+,12-7+. The maximum atomic E-state index is 11.5. The Morgan fingerprint density at radius 2 is 1.56 bits per heavy atom. The van der Waals surface area contributed by atoms with Crippen LogP contribution in [0.1, 0.15) is 6.92 Å². The Labute approximate surface area is 108 Å². The second-order valence-corrected chi connectivity index (χ2v) is 8.87. The molecule has 0 aromatic rings. The smallest absolute Gasteiger partial charge is 0.340 e. The number of hydrogen-bond acceptors (Lipinski definition) is 6. The zero-order valence-corrected chi connectivity index (χ0v) is 12.6. The molecular weight excluding hydrogens is 254 g/mol. The molecule has 0 bridgehead atoms. The van der Waals surface area contributed by atoms with Gasteiger partial charge in [0.15, 0.2) is 0 Å². The van der Waals surface area contributed by atoms with Crippen LogP contribution in [-0.4, -0.2) is 40.7 Å². The molecule has 0 atom stereocenters. The maximum Gasteiger partial charge on any atom is 0.340 e. The first-order chi connectivity index (χ1) is 8.22. The fourth-order valence-corrected chi connectivity index (χ4v) is 1.28. The monoisotopic (exact) mass is 273 g/mol. The number of rotatable bonds is 5. The minimum Gasteiger partial charge on any atom is -0.466 e. The van der Waals surface area contributed by atoms with E-state index in [1.165, 1.54) is 27.4 Å². The molecule has 0 aliphatic heterocycles. The van der Waals surface area contributed by atoms with Crippen LogP contribution < -0.4 is 0 Å². The lowest BCUT2D eigenvalue weighted by Gasteiger charge is -2.12. The lowest BCUT2D eigenvalue weighted by molar-refractivity contribution is -0.138. The Kier molecular flexibility index (Phi) is 6.32. The largest absolute Gasteiger partial charge is 0.466 e. The molecule has 18 heavy (non-hydrogen) atoms. The van der Waals surface area contributed by atoms with Crippen molar-refractivity contribution in [2.24, 2.45) is 5.16 Å². The molecule has 0 rings (SSSR count). The first kappa shape index (κ1) is 16.4. The second kappa shape index (κ2) is 6.95. The molecule has 0 unspecified atom stereocenters. The van der Waals surface area contributed by atoms with E-state index in [2.05, 4.69) is 14.6 Å². The molecule has 102 valence electrons. The molecule has 7 heteroatoms. The predicted molar refractivity (Wildman–Crippen MR) is 69.7 cm³/mol. The van der Waals surface area contributed by atoms with Crippen molar-refractivity contribution in [3.63, 3.8) is 0 Å². The highest BCUT2D eigenvalue weighted by Crippen LogP contribution is 2.08. The van der Waals surface area contributed by atoms with Gasteiger partial charge in [0.1, 0.15) is 0 Å². The van der Waals surface area contributed by atoms with Crippen LogP contribution in [0.2, 0.25) is 19.6 Å². The van der Waals surface area contributed by atoms with Gasteiger partial charge in [-0.15, -0.1) is 5.16 Å². The molecule has 0 aromatic heterocycles. The molecule has 0 aliphatic carbocycles. The summed E-state index contributed by atoms with van der Waals surface area (Å²) >= 11 is 0. The first-order valence-corrected chi connectivity index (χ1v) is 8.72. The Balaban J connectivity index is 5.15. The minimum atomic E-state index is -1.83. The zero-order valence-electron chi connectivity index (χ0n) is 11.6. The summed E-state index contributed by atoms with van der Waals surface area (Å²) < 4.78 is 14.3. The van der Waals surface area contributed by atoms with E-state index in [4.69, 9.17) is 4.53 Å². The Bertz CT molecular complexity index is 381. The summed E-state index contributed by atoms with van der Waals surface area (Å²) in [6, 6.07) is 0. The fraction of sp³-hybridized carbons (Fsp3) is 0.545. The molecule has 0 amide bonds. The third-order valence-electron chi connectivity index (χ3n) is 1.81. The van der Waals surface area contributed by atoms with Crippen LogP contribution in [0.3, 0.4) is 0 Å². The highest BCUT2D eigenvalue weighted by molar-refractivity contribution is 6.69. The minimum absolute atomic E-state index is 0.0163. The number of nitrogens with zero attached hydrogens (tertiary/aromatic N) is 1. The van der Waals surface area contributed by atoms with Crippen molar-refractivity contribution in [3.8, 4) is 0 Å². The van der Waals surface area contributed by atoms with Gasteiger partial charge in [0, 0.05) is 0 Å². The number of ether oxygens (including phenoxy) is 2. The third-order valence-corrected chi connectivity index (χ3v) is 2.46. The van der Waals surface area contributed by atoms with E-state index in [1.807, 2.05) is 19.6 Å². The second-order valence-electron chi connectivity index (χ2n) is 4.46. The summed E-state index contributed by atoms with van der Waals surface area (Å²) in [6.45, 7) is 7.29. The average molecular weight is 273 g/mol. The van der Waals surface area contributed by atoms with Crippen molar-refractivity contribution in [3.05, 3.63) is 11.1 Å². The average Bonchev–Trinajstić information content (AvgIpc) is 2.30. The first-order valence-electron chi connectivity index (χ1n) is 5.32. The van der Waals surface area contributed by atoms with Gasteiger partial charge in [-0.05, 0) is 26.6 Å². The van der Waals surface area contributed by atoms with Crippen LogP contribution in [0.5, 0.6) is 0 Å². The number of methoxy groups -OCH3 is 2. The van der Waals surface area contributed by atoms with Crippen LogP contribution in [0.4, 0.5) is 0 Å². The van der Waals surface area contributed by atoms with Crippen LogP contribution >= 0.6 is 0 Å². The van der Waals surface area contributed by atoms with Crippen LogP contribution in [-0.2, 0) is 23.6 Å². The van der Waals surface area contributed by atoms with Gasteiger partial charge in [0.25, 0.3) is 8.32 Å². The lowest BCUT2D eigenvalue weighted by Crippen LogP contribution is -2.22. The maximum absolute atomic E-state index is 11.5. The topological polar surface area (TPSA) is 74.2 Å². The molecule has 0 aromatic carbocycles. The number of oxime groups is 1. The Hall–Kier alpha value is -1.63. The Morgan fingerprint density at radius 1 is 1.06 bits per heavy atom. The molecule has 0 saturated heterocycles. The number of hydrogen-bond donors (Lipinski definition) is 0. The molecule has 0 fully saturated rings. The van der Waals surface area contributed by atoms with Crippen molar-refractivity contribution >= 4 is 26.5 Å². The van der Waals surface area contributed by atoms with Crippen molar-refractivity contribution in [2.75, 3.05) is 14.2 Å². The summed E-state index contributed by atoms with van der Waals surface area (Å²) in [5.74, 6) is -1.28. The molecule has 0 N–H and O–H groups in total. The van der Waals surface area contributed by atoms with Gasteiger partial charge in [0.2, 0.25) is 0 Å². The number of carbonyl (C=O) groups excluding carboxylic acids is 2. The lowest BCUT2D eigenvalue weighted by atomic mass is 10.1. The zero-order chi connectivity index (χ0) is 14.3. The van der Waals surface area contributed by atoms with E-state index in [1.54, 1.807) is 0 Å². The van der Waals surface area contributed by atoms with E-state index in [0.717, 1.165) is 0 Å². The van der Waals surface area contributed by atoms with Crippen molar-refractivity contribution in [1.29, 1.82) is 0 Å². The van der Waals surface area contributed by atoms with Gasteiger partial charge in [0.05, 0.1) is 31.6 Å². The quantitative estimate of drug-likeness (QED) is 0.249. The summed E-state index contributed by atoms with van der Waals surface area (Å²) in [6.07, 6.45) is 1.18. The highest BCUT2D eigenvalue weighted by Gasteiger charge is 2.19. The third kappa shape index (κ3) is 5.62. The van der Waals surface area contributed by atoms with Gasteiger partial charge in [-0.1, -0.05) is 0 Å². The van der Waals surface area contributed by atoms with Gasteiger partial charge < -0.3 is 14.0 Å². The van der Waals surface area contributed by atoms with Crippen LogP contribution in [0.25, 0.3) is 0 Å². The molecule has 0 saturated carbocycles. The van der Waals surface area contributed by atoms with Gasteiger partial charge in [-0.2, -0.15) is 0 Å². The molecule has 6 nitrogen and oxygen atoms in total. The highest BCUT2D eigenvalue weighted by atomic mass is 28.4. The van der Waals surface area contributed by atoms with Crippen molar-refractivity contribution < 1.29 is 23.6 Å². The van der Waals surface area contributed by atoms with Crippen molar-refractivity contribution in [2.45, 2.75) is 26.6 Å². The van der Waals surface area contributed by atoms with Crippen LogP contribution in [0, 0.1) is 0 Å². The summed E-state index contributed by atoms with van der Waals surface area (Å²) in [5.41, 5.74) is 0.134. The van der Waals surface area contributed by atoms with E-state index in [9.17, 15) is 9.59 Å². The number of carbonyl (C=O) groups is 2. The summed E-state index contributed by atoms with van der Waals surface area (Å²) in [5, 5.41) is 3.72. The SMILES string of the molecule is COC(=O)/C(C)=C(\C=N\O[Si](C)(C)C)C(=O)OC.